The normalized spacial score (nSPS) is 18.4. The molecule has 0 aromatic carbocycles. The van der Waals surface area contributed by atoms with E-state index >= 15 is 0 Å². The van der Waals surface area contributed by atoms with Crippen molar-refractivity contribution in [1.29, 1.82) is 0 Å². The van der Waals surface area contributed by atoms with Crippen LogP contribution in [0.2, 0.25) is 0 Å². The summed E-state index contributed by atoms with van der Waals surface area (Å²) in [6, 6.07) is 0. The second kappa shape index (κ2) is 7.18. The molecule has 0 saturated carbocycles. The van der Waals surface area contributed by atoms with Gasteiger partial charge in [-0.3, -0.25) is 0 Å². The van der Waals surface area contributed by atoms with Gasteiger partial charge in [0.15, 0.2) is 0 Å². The molecule has 97 valence electrons. The molecule has 0 fully saturated rings. The van der Waals surface area contributed by atoms with Crippen LogP contribution in [0.25, 0.3) is 0 Å². The Bertz CT molecular complexity index is 330. The minimum Gasteiger partial charge on any atom is -0.339 e. The molecule has 0 amide bonds. The van der Waals surface area contributed by atoms with Gasteiger partial charge in [-0.2, -0.15) is 0 Å². The molecule has 0 saturated heterocycles. The first-order chi connectivity index (χ1) is 8.44. The number of hydrogen-bond donors (Lipinski definition) is 0. The zero-order chi connectivity index (χ0) is 13.6. The fourth-order valence-electron chi connectivity index (χ4n) is 1.73. The summed E-state index contributed by atoms with van der Waals surface area (Å²) in [5.74, 6) is 1.51. The van der Waals surface area contributed by atoms with Gasteiger partial charge in [0.05, 0.1) is 0 Å². The van der Waals surface area contributed by atoms with Gasteiger partial charge in [0.2, 0.25) is 0 Å². The summed E-state index contributed by atoms with van der Waals surface area (Å²) in [5.41, 5.74) is 0.189. The second-order valence-electron chi connectivity index (χ2n) is 5.63. The molecule has 0 bridgehead atoms. The van der Waals surface area contributed by atoms with Crippen LogP contribution < -0.4 is 0 Å². The molecule has 0 atom stereocenters. The van der Waals surface area contributed by atoms with E-state index < -0.39 is 0 Å². The number of hydrogen-bond acceptors (Lipinski definition) is 1. The van der Waals surface area contributed by atoms with E-state index in [9.17, 15) is 0 Å². The van der Waals surface area contributed by atoms with E-state index in [-0.39, 0.29) is 5.54 Å². The van der Waals surface area contributed by atoms with E-state index in [1.54, 1.807) is 0 Å². The quantitative estimate of drug-likeness (QED) is 0.527. The van der Waals surface area contributed by atoms with Crippen LogP contribution in [0, 0.1) is 24.7 Å². The summed E-state index contributed by atoms with van der Waals surface area (Å²) in [4.78, 5) is 0. The zero-order valence-corrected chi connectivity index (χ0v) is 13.7. The van der Waals surface area contributed by atoms with Crippen molar-refractivity contribution in [3.8, 4) is 0 Å². The Morgan fingerprint density at radius 1 is 0.944 bits per heavy atom. The fraction of sp³-hybridized carbons (Fsp3) is 0.438. The minimum absolute atomic E-state index is 0.189. The molecule has 0 unspecified atom stereocenters. The maximum Gasteiger partial charge on any atom is -0.0284 e. The van der Waals surface area contributed by atoms with Crippen LogP contribution in [0.5, 0.6) is 0 Å². The van der Waals surface area contributed by atoms with E-state index in [1.165, 1.54) is 20.9 Å². The van der Waals surface area contributed by atoms with Crippen molar-refractivity contribution in [2.75, 3.05) is 0 Å². The zero-order valence-electron chi connectivity index (χ0n) is 11.5. The van der Waals surface area contributed by atoms with Crippen molar-refractivity contribution in [1.82, 2.24) is 0 Å². The Morgan fingerprint density at radius 2 is 1.22 bits per heavy atom. The molecule has 18 heavy (non-hydrogen) atoms. The molecule has 0 heterocycles. The van der Waals surface area contributed by atoms with Gasteiger partial charge in [0, 0.05) is 0 Å². The van der Waals surface area contributed by atoms with Crippen LogP contribution in [-0.4, -0.2) is 5.54 Å². The summed E-state index contributed by atoms with van der Waals surface area (Å²) in [6.45, 7) is 10.5. The molecule has 2 aliphatic carbocycles. The third-order valence-corrected chi connectivity index (χ3v) is 4.32. The third kappa shape index (κ3) is 5.43. The Balaban J connectivity index is 0.000000232. The van der Waals surface area contributed by atoms with Crippen molar-refractivity contribution in [3.05, 3.63) is 55.5 Å². The molecule has 0 aliphatic heterocycles. The number of allylic oxidation sites excluding steroid dienone is 8. The van der Waals surface area contributed by atoms with Gasteiger partial charge in [-0.15, -0.1) is 5.92 Å². The summed E-state index contributed by atoms with van der Waals surface area (Å²) in [5, 5.41) is 0. The Hall–Kier alpha value is -0.500. The third-order valence-electron chi connectivity index (χ3n) is 2.84. The molecular weight excluding hydrogens is 299 g/mol. The SMILES string of the molecule is CC(C)(C)[N]=[Nb].[CH2-]C(C1C=CC=C1)C1C=CC=C1. The predicted octanol–water partition coefficient (Wildman–Crippen LogP) is 4.44. The summed E-state index contributed by atoms with van der Waals surface area (Å²) >= 11 is 1.52. The van der Waals surface area contributed by atoms with Crippen molar-refractivity contribution in [2.45, 2.75) is 26.3 Å². The molecule has 2 rings (SSSR count). The van der Waals surface area contributed by atoms with Gasteiger partial charge in [0.1, 0.15) is 0 Å². The minimum atomic E-state index is 0.189. The Morgan fingerprint density at radius 3 is 1.44 bits per heavy atom. The van der Waals surface area contributed by atoms with E-state index in [0.29, 0.717) is 17.8 Å². The first kappa shape index (κ1) is 15.6. The van der Waals surface area contributed by atoms with Gasteiger partial charge < -0.3 is 6.92 Å². The number of nitrogens with zero attached hydrogens (tertiary/aromatic N) is 1. The van der Waals surface area contributed by atoms with Crippen molar-refractivity contribution >= 4 is 0 Å². The summed E-state index contributed by atoms with van der Waals surface area (Å²) < 4.78 is 4.07. The number of rotatable bonds is 2. The van der Waals surface area contributed by atoms with Crippen molar-refractivity contribution in [2.24, 2.45) is 21.1 Å². The van der Waals surface area contributed by atoms with Gasteiger partial charge >= 0.3 is 50.5 Å². The monoisotopic (exact) mass is 321 g/mol. The Labute approximate surface area is 124 Å². The van der Waals surface area contributed by atoms with Crippen LogP contribution in [0.4, 0.5) is 0 Å². The fourth-order valence-corrected chi connectivity index (χ4v) is 1.73. The standard InChI is InChI=1S/C12H13.C4H9N.Nb/c1-10(11-6-2-3-7-11)12-8-4-5-9-12;1-4(2,3)5;/h2-12H,1H2;1-3H3;/q-1;;. The molecule has 0 radical (unpaired) electrons. The molecule has 2 aliphatic rings. The maximum atomic E-state index is 4.20. The van der Waals surface area contributed by atoms with Crippen molar-refractivity contribution in [3.63, 3.8) is 0 Å². The van der Waals surface area contributed by atoms with Gasteiger partial charge in [0.25, 0.3) is 0 Å². The van der Waals surface area contributed by atoms with Crippen molar-refractivity contribution < 1.29 is 20.9 Å². The average Bonchev–Trinajstić information content (AvgIpc) is 3.01. The summed E-state index contributed by atoms with van der Waals surface area (Å²) in [7, 11) is 0. The first-order valence-corrected chi connectivity index (χ1v) is 7.32. The molecule has 2 heteroatoms. The predicted molar refractivity (Wildman–Crippen MR) is 74.6 cm³/mol. The second-order valence-corrected chi connectivity index (χ2v) is 6.12. The molecule has 0 aromatic heterocycles. The van der Waals surface area contributed by atoms with Gasteiger partial charge in [-0.05, 0) is 11.8 Å². The molecule has 0 aromatic rings. The van der Waals surface area contributed by atoms with Crippen LogP contribution >= 0.6 is 0 Å². The Kier molecular flexibility index (Phi) is 6.20. The van der Waals surface area contributed by atoms with Gasteiger partial charge in [-0.25, -0.2) is 0 Å². The average molecular weight is 321 g/mol. The van der Waals surface area contributed by atoms with E-state index in [0.717, 1.165) is 0 Å². The molecular formula is C16H22NNb-. The first-order valence-electron chi connectivity index (χ1n) is 6.33. The molecule has 1 nitrogen and oxygen atoms in total. The van der Waals surface area contributed by atoms with E-state index in [1.807, 2.05) is 0 Å². The molecule has 0 N–H and O–H groups in total. The largest absolute Gasteiger partial charge is 0.339 e. The molecule has 0 spiro atoms. The van der Waals surface area contributed by atoms with E-state index in [4.69, 9.17) is 0 Å². The van der Waals surface area contributed by atoms with E-state index in [2.05, 4.69) is 79.6 Å². The van der Waals surface area contributed by atoms with Crippen LogP contribution in [0.3, 0.4) is 0 Å². The topological polar surface area (TPSA) is 12.4 Å². The summed E-state index contributed by atoms with van der Waals surface area (Å²) in [6.07, 6.45) is 17.3. The van der Waals surface area contributed by atoms with Crippen LogP contribution in [0.1, 0.15) is 20.8 Å². The maximum absolute atomic E-state index is 4.20. The van der Waals surface area contributed by atoms with Crippen LogP contribution in [0.15, 0.2) is 51.9 Å². The van der Waals surface area contributed by atoms with Gasteiger partial charge in [-0.1, -0.05) is 48.6 Å². The van der Waals surface area contributed by atoms with Crippen LogP contribution in [-0.2, 0) is 20.9 Å². The smallest absolute Gasteiger partial charge is 0.0284 e.